The normalized spacial score (nSPS) is 14.2. The van der Waals surface area contributed by atoms with Crippen LogP contribution in [0.3, 0.4) is 0 Å². The maximum Gasteiger partial charge on any atom is 0.317 e. The second-order valence-electron chi connectivity index (χ2n) is 5.65. The first-order valence-corrected chi connectivity index (χ1v) is 7.94. The van der Waals surface area contributed by atoms with Gasteiger partial charge in [0.15, 0.2) is 0 Å². The first-order valence-electron chi connectivity index (χ1n) is 7.94. The van der Waals surface area contributed by atoms with Gasteiger partial charge in [0.25, 0.3) is 0 Å². The topological polar surface area (TPSA) is 54.5 Å². The molecule has 0 radical (unpaired) electrons. The molecule has 120 valence electrons. The van der Waals surface area contributed by atoms with Crippen LogP contribution in [0.15, 0.2) is 54.9 Å². The first kappa shape index (κ1) is 15.3. The van der Waals surface area contributed by atoms with E-state index >= 15 is 0 Å². The van der Waals surface area contributed by atoms with Crippen LogP contribution >= 0.6 is 0 Å². The molecular weight excluding hydrogens is 290 g/mol. The highest BCUT2D eigenvalue weighted by molar-refractivity contribution is 5.75. The Morgan fingerprint density at radius 1 is 1.22 bits per heavy atom. The average Bonchev–Trinajstić information content (AvgIpc) is 2.56. The molecule has 1 aromatic carbocycles. The summed E-state index contributed by atoms with van der Waals surface area (Å²) in [6.45, 7) is 1.94. The van der Waals surface area contributed by atoms with Gasteiger partial charge in [0, 0.05) is 12.7 Å². The Morgan fingerprint density at radius 2 is 2.04 bits per heavy atom. The molecule has 5 heteroatoms. The molecule has 5 nitrogen and oxygen atoms in total. The van der Waals surface area contributed by atoms with E-state index in [9.17, 15) is 4.79 Å². The Kier molecular flexibility index (Phi) is 5.09. The number of hydrogen-bond acceptors (Lipinski definition) is 3. The van der Waals surface area contributed by atoms with Gasteiger partial charge in [0.1, 0.15) is 11.9 Å². The van der Waals surface area contributed by atoms with Crippen molar-refractivity contribution < 1.29 is 9.53 Å². The summed E-state index contributed by atoms with van der Waals surface area (Å²) in [6, 6.07) is 14.0. The van der Waals surface area contributed by atoms with E-state index in [1.165, 1.54) is 5.56 Å². The molecule has 1 N–H and O–H groups in total. The van der Waals surface area contributed by atoms with Gasteiger partial charge in [-0.2, -0.15) is 0 Å². The van der Waals surface area contributed by atoms with Crippen molar-refractivity contribution in [1.82, 2.24) is 15.2 Å². The molecule has 0 spiro atoms. The van der Waals surface area contributed by atoms with Crippen LogP contribution in [0.4, 0.5) is 4.79 Å². The average molecular weight is 311 g/mol. The second-order valence-corrected chi connectivity index (χ2v) is 5.65. The third-order valence-electron chi connectivity index (χ3n) is 3.83. The Balaban J connectivity index is 1.30. The van der Waals surface area contributed by atoms with E-state index < -0.39 is 0 Å². The van der Waals surface area contributed by atoms with Crippen LogP contribution in [0.5, 0.6) is 5.75 Å². The maximum absolute atomic E-state index is 12.0. The van der Waals surface area contributed by atoms with E-state index in [-0.39, 0.29) is 12.1 Å². The minimum absolute atomic E-state index is 0.0101. The van der Waals surface area contributed by atoms with Gasteiger partial charge in [-0.1, -0.05) is 30.3 Å². The van der Waals surface area contributed by atoms with Crippen molar-refractivity contribution in [3.05, 3.63) is 60.4 Å². The van der Waals surface area contributed by atoms with Crippen LogP contribution in [-0.4, -0.2) is 41.7 Å². The van der Waals surface area contributed by atoms with Crippen LogP contribution in [0.1, 0.15) is 12.0 Å². The third-order valence-corrected chi connectivity index (χ3v) is 3.83. The number of amides is 2. The number of ether oxygens (including phenoxy) is 1. The molecule has 0 unspecified atom stereocenters. The van der Waals surface area contributed by atoms with Crippen LogP contribution in [0.25, 0.3) is 0 Å². The fraction of sp³-hybridized carbons (Fsp3) is 0.333. The molecule has 0 aliphatic carbocycles. The molecule has 1 aliphatic rings. The van der Waals surface area contributed by atoms with Gasteiger partial charge in [-0.3, -0.25) is 4.98 Å². The van der Waals surface area contributed by atoms with Gasteiger partial charge in [0.05, 0.1) is 19.3 Å². The zero-order valence-corrected chi connectivity index (χ0v) is 13.0. The summed E-state index contributed by atoms with van der Waals surface area (Å²) in [6.07, 6.45) is 5.39. The highest BCUT2D eigenvalue weighted by atomic mass is 16.5. The number of hydrogen-bond donors (Lipinski definition) is 1. The van der Waals surface area contributed by atoms with E-state index in [0.717, 1.165) is 18.6 Å². The Bertz CT molecular complexity index is 613. The summed E-state index contributed by atoms with van der Waals surface area (Å²) in [5.74, 6) is 0.750. The smallest absolute Gasteiger partial charge is 0.317 e. The second kappa shape index (κ2) is 7.63. The molecule has 1 aromatic heterocycles. The number of benzene rings is 1. The molecule has 0 bridgehead atoms. The maximum atomic E-state index is 12.0. The van der Waals surface area contributed by atoms with Crippen molar-refractivity contribution in [2.24, 2.45) is 0 Å². The molecule has 0 atom stereocenters. The largest absolute Gasteiger partial charge is 0.485 e. The molecule has 1 saturated heterocycles. The molecule has 3 rings (SSSR count). The highest BCUT2D eigenvalue weighted by Gasteiger charge is 2.32. The van der Waals surface area contributed by atoms with Crippen molar-refractivity contribution in [1.29, 1.82) is 0 Å². The number of aromatic nitrogens is 1. The number of nitrogens with one attached hydrogen (secondary N) is 1. The quantitative estimate of drug-likeness (QED) is 0.834. The summed E-state index contributed by atoms with van der Waals surface area (Å²) < 4.78 is 5.73. The Labute approximate surface area is 136 Å². The van der Waals surface area contributed by atoms with Gasteiger partial charge in [-0.05, 0) is 30.5 Å². The van der Waals surface area contributed by atoms with Crippen molar-refractivity contribution in [2.75, 3.05) is 19.6 Å². The standard InChI is InChI=1S/C18H21N3O2/c22-18(20-11-4-8-15-6-2-1-3-7-15)21-13-17(14-21)23-16-9-5-10-19-12-16/h1-3,5-7,9-10,12,17H,4,8,11,13-14H2,(H,20,22). The number of aryl methyl sites for hydroxylation is 1. The summed E-state index contributed by atoms with van der Waals surface area (Å²) in [5.41, 5.74) is 1.30. The molecule has 1 aliphatic heterocycles. The zero-order chi connectivity index (χ0) is 15.9. The summed E-state index contributed by atoms with van der Waals surface area (Å²) in [7, 11) is 0. The summed E-state index contributed by atoms with van der Waals surface area (Å²) in [4.78, 5) is 17.8. The van der Waals surface area contributed by atoms with Gasteiger partial charge >= 0.3 is 6.03 Å². The van der Waals surface area contributed by atoms with Crippen LogP contribution in [0.2, 0.25) is 0 Å². The Hall–Kier alpha value is -2.56. The number of carbonyl (C=O) groups is 1. The number of carbonyl (C=O) groups excluding carboxylic acids is 1. The lowest BCUT2D eigenvalue weighted by Gasteiger charge is -2.38. The minimum Gasteiger partial charge on any atom is -0.485 e. The van der Waals surface area contributed by atoms with E-state index in [4.69, 9.17) is 4.74 Å². The van der Waals surface area contributed by atoms with E-state index in [0.29, 0.717) is 19.6 Å². The van der Waals surface area contributed by atoms with Crippen LogP contribution < -0.4 is 10.1 Å². The first-order chi connectivity index (χ1) is 11.3. The van der Waals surface area contributed by atoms with Gasteiger partial charge in [0.2, 0.25) is 0 Å². The number of nitrogens with zero attached hydrogens (tertiary/aromatic N) is 2. The number of urea groups is 1. The van der Waals surface area contributed by atoms with E-state index in [2.05, 4.69) is 22.4 Å². The molecule has 1 fully saturated rings. The lowest BCUT2D eigenvalue weighted by molar-refractivity contribution is 0.0443. The molecule has 0 saturated carbocycles. The van der Waals surface area contributed by atoms with E-state index in [1.807, 2.05) is 30.3 Å². The molecule has 2 heterocycles. The van der Waals surface area contributed by atoms with Crippen LogP contribution in [-0.2, 0) is 6.42 Å². The molecule has 23 heavy (non-hydrogen) atoms. The van der Waals surface area contributed by atoms with Gasteiger partial charge < -0.3 is 15.0 Å². The SMILES string of the molecule is O=C(NCCCc1ccccc1)N1CC(Oc2cccnc2)C1. The fourth-order valence-electron chi connectivity index (χ4n) is 2.53. The van der Waals surface area contributed by atoms with Gasteiger partial charge in [-0.25, -0.2) is 4.79 Å². The molecule has 2 amide bonds. The number of rotatable bonds is 6. The zero-order valence-electron chi connectivity index (χ0n) is 13.0. The van der Waals surface area contributed by atoms with E-state index in [1.54, 1.807) is 17.3 Å². The number of pyridine rings is 1. The third kappa shape index (κ3) is 4.45. The minimum atomic E-state index is -0.0101. The highest BCUT2D eigenvalue weighted by Crippen LogP contribution is 2.16. The predicted octanol–water partition coefficient (Wildman–Crippen LogP) is 2.49. The molecule has 2 aromatic rings. The number of likely N-dealkylation sites (tertiary alicyclic amines) is 1. The van der Waals surface area contributed by atoms with Crippen molar-refractivity contribution >= 4 is 6.03 Å². The predicted molar refractivity (Wildman–Crippen MR) is 88.4 cm³/mol. The van der Waals surface area contributed by atoms with Crippen molar-refractivity contribution in [3.8, 4) is 5.75 Å². The van der Waals surface area contributed by atoms with Crippen LogP contribution in [0, 0.1) is 0 Å². The lowest BCUT2D eigenvalue weighted by Crippen LogP contribution is -2.58. The van der Waals surface area contributed by atoms with Crippen molar-refractivity contribution in [3.63, 3.8) is 0 Å². The van der Waals surface area contributed by atoms with Crippen molar-refractivity contribution in [2.45, 2.75) is 18.9 Å². The van der Waals surface area contributed by atoms with Gasteiger partial charge in [-0.15, -0.1) is 0 Å². The molecular formula is C18H21N3O2. The summed E-state index contributed by atoms with van der Waals surface area (Å²) in [5, 5.41) is 2.96. The lowest BCUT2D eigenvalue weighted by atomic mass is 10.1. The fourth-order valence-corrected chi connectivity index (χ4v) is 2.53. The monoisotopic (exact) mass is 311 g/mol. The summed E-state index contributed by atoms with van der Waals surface area (Å²) >= 11 is 0. The Morgan fingerprint density at radius 3 is 2.78 bits per heavy atom.